The molecule has 1 aliphatic heterocycles. The Morgan fingerprint density at radius 3 is 2.81 bits per heavy atom. The minimum atomic E-state index is -0.448. The van der Waals surface area contributed by atoms with E-state index in [0.717, 1.165) is 16.6 Å². The smallest absolute Gasteiger partial charge is 0.232 e. The van der Waals surface area contributed by atoms with Crippen molar-refractivity contribution in [3.8, 4) is 6.07 Å². The SMILES string of the molecule is N#Cc1ccc(CNC(=O)CC2Cn3c(nc4ccccc43)NC2=O)cc1. The fourth-order valence-corrected chi connectivity index (χ4v) is 3.22. The molecule has 1 unspecified atom stereocenters. The Kier molecular flexibility index (Phi) is 4.30. The maximum Gasteiger partial charge on any atom is 0.232 e. The van der Waals surface area contributed by atoms with Gasteiger partial charge in [-0.05, 0) is 29.8 Å². The van der Waals surface area contributed by atoms with Gasteiger partial charge in [-0.3, -0.25) is 14.9 Å². The van der Waals surface area contributed by atoms with Crippen molar-refractivity contribution in [2.45, 2.75) is 19.5 Å². The number of aromatic nitrogens is 2. The number of nitriles is 1. The largest absolute Gasteiger partial charge is 0.352 e. The van der Waals surface area contributed by atoms with E-state index < -0.39 is 5.92 Å². The lowest BCUT2D eigenvalue weighted by Crippen LogP contribution is -2.37. The molecule has 7 nitrogen and oxygen atoms in total. The molecule has 3 aromatic rings. The van der Waals surface area contributed by atoms with E-state index in [1.165, 1.54) is 0 Å². The molecule has 0 saturated heterocycles. The molecule has 1 aromatic heterocycles. The molecule has 134 valence electrons. The standard InChI is InChI=1S/C20H17N5O2/c21-10-13-5-7-14(8-6-13)11-22-18(26)9-15-12-25-17-4-2-1-3-16(17)23-20(25)24-19(15)27/h1-8,15H,9,11-12H2,(H,22,26)(H,23,24,27). The number of hydrogen-bond acceptors (Lipinski definition) is 4. The number of nitrogens with zero attached hydrogens (tertiary/aromatic N) is 3. The molecule has 2 N–H and O–H groups in total. The van der Waals surface area contributed by atoms with Gasteiger partial charge in [-0.2, -0.15) is 5.26 Å². The highest BCUT2D eigenvalue weighted by Gasteiger charge is 2.30. The minimum absolute atomic E-state index is 0.105. The predicted molar refractivity (Wildman–Crippen MR) is 99.5 cm³/mol. The van der Waals surface area contributed by atoms with Crippen LogP contribution < -0.4 is 10.6 Å². The first-order chi connectivity index (χ1) is 13.1. The number of rotatable bonds is 4. The van der Waals surface area contributed by atoms with Gasteiger partial charge in [-0.15, -0.1) is 0 Å². The van der Waals surface area contributed by atoms with E-state index in [0.29, 0.717) is 24.6 Å². The summed E-state index contributed by atoms with van der Waals surface area (Å²) in [6, 6.07) is 16.7. The maximum atomic E-state index is 12.3. The summed E-state index contributed by atoms with van der Waals surface area (Å²) in [6.07, 6.45) is 0.105. The first-order valence-corrected chi connectivity index (χ1v) is 8.66. The fourth-order valence-electron chi connectivity index (χ4n) is 3.22. The van der Waals surface area contributed by atoms with Gasteiger partial charge in [0.15, 0.2) is 0 Å². The molecule has 0 spiro atoms. The first kappa shape index (κ1) is 16.8. The third kappa shape index (κ3) is 3.37. The van der Waals surface area contributed by atoms with Gasteiger partial charge in [0, 0.05) is 19.5 Å². The Hall–Kier alpha value is -3.66. The van der Waals surface area contributed by atoms with Crippen LogP contribution in [-0.4, -0.2) is 21.4 Å². The molecule has 2 aromatic carbocycles. The zero-order valence-electron chi connectivity index (χ0n) is 14.5. The minimum Gasteiger partial charge on any atom is -0.352 e. The molecule has 0 bridgehead atoms. The van der Waals surface area contributed by atoms with E-state index in [4.69, 9.17) is 5.26 Å². The number of benzene rings is 2. The summed E-state index contributed by atoms with van der Waals surface area (Å²) in [5, 5.41) is 14.4. The van der Waals surface area contributed by atoms with Gasteiger partial charge in [0.1, 0.15) is 0 Å². The lowest BCUT2D eigenvalue weighted by Gasteiger charge is -2.23. The molecule has 1 aliphatic rings. The van der Waals surface area contributed by atoms with E-state index in [9.17, 15) is 9.59 Å². The molecule has 1 atom stereocenters. The van der Waals surface area contributed by atoms with Crippen molar-refractivity contribution in [1.82, 2.24) is 14.9 Å². The number of amides is 2. The lowest BCUT2D eigenvalue weighted by atomic mass is 10.0. The summed E-state index contributed by atoms with van der Waals surface area (Å²) in [5.74, 6) is -0.301. The number of para-hydroxylation sites is 2. The Morgan fingerprint density at radius 2 is 2.04 bits per heavy atom. The molecule has 0 fully saturated rings. The van der Waals surface area contributed by atoms with Gasteiger partial charge < -0.3 is 9.88 Å². The number of carbonyl (C=O) groups excluding carboxylic acids is 2. The quantitative estimate of drug-likeness (QED) is 0.746. The molecular formula is C20H17N5O2. The molecule has 0 saturated carbocycles. The Morgan fingerprint density at radius 1 is 1.26 bits per heavy atom. The van der Waals surface area contributed by atoms with Crippen molar-refractivity contribution >= 4 is 28.8 Å². The van der Waals surface area contributed by atoms with Crippen LogP contribution in [0.15, 0.2) is 48.5 Å². The van der Waals surface area contributed by atoms with Crippen molar-refractivity contribution in [3.63, 3.8) is 0 Å². The third-order valence-corrected chi connectivity index (χ3v) is 4.67. The lowest BCUT2D eigenvalue weighted by molar-refractivity contribution is -0.128. The van der Waals surface area contributed by atoms with Crippen LogP contribution in [0.1, 0.15) is 17.5 Å². The second-order valence-electron chi connectivity index (χ2n) is 6.51. The predicted octanol–water partition coefficient (Wildman–Crippen LogP) is 2.18. The van der Waals surface area contributed by atoms with Gasteiger partial charge in [0.25, 0.3) is 0 Å². The highest BCUT2D eigenvalue weighted by Crippen LogP contribution is 2.26. The highest BCUT2D eigenvalue weighted by molar-refractivity contribution is 5.97. The zero-order valence-corrected chi connectivity index (χ0v) is 14.5. The molecule has 4 rings (SSSR count). The Bertz CT molecular complexity index is 1060. The van der Waals surface area contributed by atoms with Crippen molar-refractivity contribution in [3.05, 3.63) is 59.7 Å². The molecule has 7 heteroatoms. The third-order valence-electron chi connectivity index (χ3n) is 4.67. The molecular weight excluding hydrogens is 342 g/mol. The van der Waals surface area contributed by atoms with Crippen LogP contribution in [0.4, 0.5) is 5.95 Å². The molecule has 0 radical (unpaired) electrons. The van der Waals surface area contributed by atoms with Crippen molar-refractivity contribution in [1.29, 1.82) is 5.26 Å². The normalized spacial score (nSPS) is 15.7. The highest BCUT2D eigenvalue weighted by atomic mass is 16.2. The summed E-state index contributed by atoms with van der Waals surface area (Å²) in [5.41, 5.74) is 3.24. The summed E-state index contributed by atoms with van der Waals surface area (Å²) >= 11 is 0. The van der Waals surface area contributed by atoms with Crippen LogP contribution in [0.5, 0.6) is 0 Å². The van der Waals surface area contributed by atoms with Crippen molar-refractivity contribution in [2.24, 2.45) is 5.92 Å². The molecule has 27 heavy (non-hydrogen) atoms. The van der Waals surface area contributed by atoms with Gasteiger partial charge in [-0.1, -0.05) is 24.3 Å². The van der Waals surface area contributed by atoms with Crippen molar-refractivity contribution in [2.75, 3.05) is 5.32 Å². The number of nitrogens with one attached hydrogen (secondary N) is 2. The Balaban J connectivity index is 1.41. The molecule has 0 aliphatic carbocycles. The number of hydrogen-bond donors (Lipinski definition) is 2. The summed E-state index contributed by atoms with van der Waals surface area (Å²) < 4.78 is 1.94. The van der Waals surface area contributed by atoms with Crippen LogP contribution >= 0.6 is 0 Å². The van der Waals surface area contributed by atoms with Gasteiger partial charge >= 0.3 is 0 Å². The van der Waals surface area contributed by atoms with E-state index in [2.05, 4.69) is 21.7 Å². The average Bonchev–Trinajstić information content (AvgIpc) is 3.04. The van der Waals surface area contributed by atoms with Crippen LogP contribution in [0.25, 0.3) is 11.0 Å². The van der Waals surface area contributed by atoms with E-state index >= 15 is 0 Å². The monoisotopic (exact) mass is 359 g/mol. The van der Waals surface area contributed by atoms with Crippen molar-refractivity contribution < 1.29 is 9.59 Å². The number of carbonyl (C=O) groups is 2. The van der Waals surface area contributed by atoms with Crippen LogP contribution in [-0.2, 0) is 22.7 Å². The summed E-state index contributed by atoms with van der Waals surface area (Å²) in [7, 11) is 0. The number of fused-ring (bicyclic) bond motifs is 3. The zero-order chi connectivity index (χ0) is 18.8. The Labute approximate surface area is 155 Å². The number of imidazole rings is 1. The average molecular weight is 359 g/mol. The van der Waals surface area contributed by atoms with Crippen LogP contribution in [0.3, 0.4) is 0 Å². The van der Waals surface area contributed by atoms with Crippen LogP contribution in [0, 0.1) is 17.2 Å². The topological polar surface area (TPSA) is 99.8 Å². The summed E-state index contributed by atoms with van der Waals surface area (Å²) in [6.45, 7) is 0.782. The van der Waals surface area contributed by atoms with E-state index in [-0.39, 0.29) is 18.2 Å². The van der Waals surface area contributed by atoms with E-state index in [1.807, 2.05) is 28.8 Å². The number of anilines is 1. The fraction of sp³-hybridized carbons (Fsp3) is 0.200. The molecule has 2 amide bonds. The van der Waals surface area contributed by atoms with Gasteiger partial charge in [-0.25, -0.2) is 4.98 Å². The van der Waals surface area contributed by atoms with Gasteiger partial charge in [0.2, 0.25) is 17.8 Å². The van der Waals surface area contributed by atoms with E-state index in [1.54, 1.807) is 24.3 Å². The second-order valence-corrected chi connectivity index (χ2v) is 6.51. The maximum absolute atomic E-state index is 12.3. The molecule has 2 heterocycles. The van der Waals surface area contributed by atoms with Gasteiger partial charge in [0.05, 0.1) is 28.6 Å². The second kappa shape index (κ2) is 6.92. The summed E-state index contributed by atoms with van der Waals surface area (Å²) in [4.78, 5) is 29.1. The first-order valence-electron chi connectivity index (χ1n) is 8.66. The van der Waals surface area contributed by atoms with Crippen LogP contribution in [0.2, 0.25) is 0 Å².